The van der Waals surface area contributed by atoms with E-state index >= 15 is 0 Å². The van der Waals surface area contributed by atoms with Crippen molar-refractivity contribution in [2.24, 2.45) is 0 Å². The van der Waals surface area contributed by atoms with Crippen molar-refractivity contribution in [3.8, 4) is 0 Å². The van der Waals surface area contributed by atoms with Gasteiger partial charge in [-0.05, 0) is 19.0 Å². The molecule has 0 radical (unpaired) electrons. The molecule has 0 amide bonds. The number of aryl methyl sites for hydroxylation is 1. The van der Waals surface area contributed by atoms with E-state index in [1.807, 2.05) is 31.2 Å². The molecular formula is C18H26N2O2. The number of aliphatic hydroxyl groups excluding tert-OH is 1. The molecule has 1 atom stereocenters. The predicted molar refractivity (Wildman–Crippen MR) is 87.7 cm³/mol. The fraction of sp³-hybridized carbons (Fsp3) is 0.500. The molecule has 0 fully saturated rings. The summed E-state index contributed by atoms with van der Waals surface area (Å²) in [6, 6.07) is 8.04. The molecule has 0 bridgehead atoms. The zero-order valence-corrected chi connectivity index (χ0v) is 13.9. The Labute approximate surface area is 132 Å². The first-order chi connectivity index (χ1) is 10.5. The molecule has 120 valence electrons. The van der Waals surface area contributed by atoms with Gasteiger partial charge in [-0.3, -0.25) is 4.90 Å². The lowest BCUT2D eigenvalue weighted by molar-refractivity contribution is 0.111. The molecule has 2 rings (SSSR count). The van der Waals surface area contributed by atoms with Crippen molar-refractivity contribution >= 4 is 0 Å². The van der Waals surface area contributed by atoms with Gasteiger partial charge >= 0.3 is 0 Å². The van der Waals surface area contributed by atoms with Crippen molar-refractivity contribution in [2.45, 2.75) is 46.3 Å². The smallest absolute Gasteiger partial charge is 0.181 e. The van der Waals surface area contributed by atoms with Crippen molar-refractivity contribution in [1.82, 2.24) is 9.88 Å². The van der Waals surface area contributed by atoms with Crippen LogP contribution >= 0.6 is 0 Å². The van der Waals surface area contributed by atoms with Crippen LogP contribution in [0.2, 0.25) is 0 Å². The van der Waals surface area contributed by atoms with E-state index in [1.54, 1.807) is 0 Å². The zero-order valence-electron chi connectivity index (χ0n) is 13.9. The molecule has 1 N–H and O–H groups in total. The molecule has 0 saturated carbocycles. The SMILES string of the molecule is CCN(Cc1ncoc1C(C)C)CC(O)c1ccc(C)cc1. The summed E-state index contributed by atoms with van der Waals surface area (Å²) in [5.41, 5.74) is 3.12. The number of likely N-dealkylation sites (N-methyl/N-ethyl adjacent to an activating group) is 1. The lowest BCUT2D eigenvalue weighted by Crippen LogP contribution is -2.28. The molecule has 0 aliphatic carbocycles. The predicted octanol–water partition coefficient (Wildman–Crippen LogP) is 3.66. The molecule has 0 aliphatic heterocycles. The van der Waals surface area contributed by atoms with Crippen LogP contribution in [0.1, 0.15) is 55.4 Å². The van der Waals surface area contributed by atoms with E-state index in [4.69, 9.17) is 4.42 Å². The second-order valence-corrected chi connectivity index (χ2v) is 6.07. The topological polar surface area (TPSA) is 49.5 Å². The van der Waals surface area contributed by atoms with Gasteiger partial charge in [-0.2, -0.15) is 0 Å². The maximum atomic E-state index is 10.4. The molecule has 1 unspecified atom stereocenters. The van der Waals surface area contributed by atoms with Crippen LogP contribution in [0.5, 0.6) is 0 Å². The lowest BCUT2D eigenvalue weighted by Gasteiger charge is -2.23. The summed E-state index contributed by atoms with van der Waals surface area (Å²) in [5.74, 6) is 1.25. The molecule has 1 aromatic heterocycles. The quantitative estimate of drug-likeness (QED) is 0.848. The van der Waals surface area contributed by atoms with Crippen molar-refractivity contribution in [2.75, 3.05) is 13.1 Å². The molecule has 22 heavy (non-hydrogen) atoms. The van der Waals surface area contributed by atoms with Gasteiger partial charge < -0.3 is 9.52 Å². The molecule has 4 heteroatoms. The Morgan fingerprint density at radius 2 is 1.91 bits per heavy atom. The van der Waals surface area contributed by atoms with Crippen molar-refractivity contribution in [3.63, 3.8) is 0 Å². The molecule has 4 nitrogen and oxygen atoms in total. The third-order valence-corrected chi connectivity index (χ3v) is 3.91. The zero-order chi connectivity index (χ0) is 16.1. The third-order valence-electron chi connectivity index (χ3n) is 3.91. The number of aliphatic hydroxyl groups is 1. The Kier molecular flexibility index (Phi) is 5.75. The fourth-order valence-corrected chi connectivity index (χ4v) is 2.52. The molecule has 0 saturated heterocycles. The van der Waals surface area contributed by atoms with E-state index in [9.17, 15) is 5.11 Å². The highest BCUT2D eigenvalue weighted by Gasteiger charge is 2.17. The van der Waals surface area contributed by atoms with Gasteiger partial charge in [0.05, 0.1) is 11.8 Å². The molecule has 1 heterocycles. The summed E-state index contributed by atoms with van der Waals surface area (Å²) in [6.07, 6.45) is 1.02. The third kappa shape index (κ3) is 4.18. The van der Waals surface area contributed by atoms with Crippen LogP contribution in [0.3, 0.4) is 0 Å². The number of hydrogen-bond donors (Lipinski definition) is 1. The van der Waals surface area contributed by atoms with Crippen LogP contribution < -0.4 is 0 Å². The van der Waals surface area contributed by atoms with Crippen LogP contribution in [0.15, 0.2) is 35.1 Å². The maximum Gasteiger partial charge on any atom is 0.181 e. The van der Waals surface area contributed by atoms with Crippen molar-refractivity contribution in [1.29, 1.82) is 0 Å². The number of hydrogen-bond acceptors (Lipinski definition) is 4. The van der Waals surface area contributed by atoms with Gasteiger partial charge in [0.25, 0.3) is 0 Å². The number of nitrogens with zero attached hydrogens (tertiary/aromatic N) is 2. The summed E-state index contributed by atoms with van der Waals surface area (Å²) in [4.78, 5) is 6.52. The van der Waals surface area contributed by atoms with Gasteiger partial charge in [-0.15, -0.1) is 0 Å². The Bertz CT molecular complexity index is 575. The highest BCUT2D eigenvalue weighted by Crippen LogP contribution is 2.21. The monoisotopic (exact) mass is 302 g/mol. The fourth-order valence-electron chi connectivity index (χ4n) is 2.52. The average Bonchev–Trinajstić information content (AvgIpc) is 2.95. The maximum absolute atomic E-state index is 10.4. The minimum atomic E-state index is -0.491. The second-order valence-electron chi connectivity index (χ2n) is 6.07. The summed E-state index contributed by atoms with van der Waals surface area (Å²) < 4.78 is 5.47. The number of aromatic nitrogens is 1. The van der Waals surface area contributed by atoms with Crippen molar-refractivity contribution < 1.29 is 9.52 Å². The van der Waals surface area contributed by atoms with E-state index in [0.717, 1.165) is 23.6 Å². The lowest BCUT2D eigenvalue weighted by atomic mass is 10.1. The van der Waals surface area contributed by atoms with Crippen LogP contribution in [0.4, 0.5) is 0 Å². The number of oxazole rings is 1. The van der Waals surface area contributed by atoms with Crippen LogP contribution in [-0.4, -0.2) is 28.1 Å². The summed E-state index contributed by atoms with van der Waals surface area (Å²) in [5, 5.41) is 10.4. The standard InChI is InChI=1S/C18H26N2O2/c1-5-20(10-16-18(13(2)3)22-12-19-16)11-17(21)15-8-6-14(4)7-9-15/h6-9,12-13,17,21H,5,10-11H2,1-4H3. The van der Waals surface area contributed by atoms with E-state index < -0.39 is 6.10 Å². The van der Waals surface area contributed by atoms with Gasteiger partial charge in [0, 0.05) is 19.0 Å². The second kappa shape index (κ2) is 7.56. The summed E-state index contributed by atoms with van der Waals surface area (Å²) in [7, 11) is 0. The van der Waals surface area contributed by atoms with Crippen LogP contribution in [-0.2, 0) is 6.54 Å². The first kappa shape index (κ1) is 16.7. The molecular weight excluding hydrogens is 276 g/mol. The van der Waals surface area contributed by atoms with Gasteiger partial charge in [-0.25, -0.2) is 4.98 Å². The first-order valence-electron chi connectivity index (χ1n) is 7.90. The Hall–Kier alpha value is -1.65. The van der Waals surface area contributed by atoms with E-state index in [1.165, 1.54) is 12.0 Å². The average molecular weight is 302 g/mol. The van der Waals surface area contributed by atoms with Gasteiger partial charge in [0.2, 0.25) is 0 Å². The molecule has 0 spiro atoms. The van der Waals surface area contributed by atoms with Crippen LogP contribution in [0, 0.1) is 6.92 Å². The minimum absolute atomic E-state index is 0.318. The van der Waals surface area contributed by atoms with Gasteiger partial charge in [0.1, 0.15) is 5.76 Å². The highest BCUT2D eigenvalue weighted by molar-refractivity contribution is 5.23. The Morgan fingerprint density at radius 3 is 2.50 bits per heavy atom. The molecule has 0 aliphatic rings. The van der Waals surface area contributed by atoms with Gasteiger partial charge in [0.15, 0.2) is 6.39 Å². The minimum Gasteiger partial charge on any atom is -0.448 e. The largest absolute Gasteiger partial charge is 0.448 e. The normalized spacial score (nSPS) is 13.0. The molecule has 2 aromatic rings. The summed E-state index contributed by atoms with van der Waals surface area (Å²) >= 11 is 0. The summed E-state index contributed by atoms with van der Waals surface area (Å²) in [6.45, 7) is 10.5. The van der Waals surface area contributed by atoms with Gasteiger partial charge in [-0.1, -0.05) is 50.6 Å². The van der Waals surface area contributed by atoms with E-state index in [0.29, 0.717) is 19.0 Å². The van der Waals surface area contributed by atoms with E-state index in [2.05, 4.69) is 30.7 Å². The van der Waals surface area contributed by atoms with Crippen LogP contribution in [0.25, 0.3) is 0 Å². The Balaban J connectivity index is 2.02. The number of benzene rings is 1. The highest BCUT2D eigenvalue weighted by atomic mass is 16.3. The first-order valence-corrected chi connectivity index (χ1v) is 7.90. The van der Waals surface area contributed by atoms with Crippen molar-refractivity contribution in [3.05, 3.63) is 53.2 Å². The van der Waals surface area contributed by atoms with E-state index in [-0.39, 0.29) is 0 Å². The number of rotatable bonds is 7. The molecule has 1 aromatic carbocycles. The Morgan fingerprint density at radius 1 is 1.23 bits per heavy atom.